The van der Waals surface area contributed by atoms with Crippen LogP contribution in [0.5, 0.6) is 0 Å². The molecule has 1 amide bonds. The summed E-state index contributed by atoms with van der Waals surface area (Å²) in [5, 5.41) is 0. The summed E-state index contributed by atoms with van der Waals surface area (Å²) in [4.78, 5) is 14.6. The topological polar surface area (TPSA) is 20.3 Å². The molecule has 1 fully saturated rings. The summed E-state index contributed by atoms with van der Waals surface area (Å²) < 4.78 is 1.11. The first-order chi connectivity index (χ1) is 9.65. The van der Waals surface area contributed by atoms with Crippen LogP contribution < -0.4 is 0 Å². The van der Waals surface area contributed by atoms with Crippen LogP contribution in [-0.4, -0.2) is 23.9 Å². The lowest BCUT2D eigenvalue weighted by Crippen LogP contribution is -2.42. The van der Waals surface area contributed by atoms with Gasteiger partial charge in [0.05, 0.1) is 0 Å². The number of hydrogen-bond donors (Lipinski definition) is 0. The highest BCUT2D eigenvalue weighted by atomic mass is 79.9. The van der Waals surface area contributed by atoms with E-state index in [-0.39, 0.29) is 5.92 Å². The molecular weight excluding hydrogens is 314 g/mol. The molecule has 1 heterocycles. The fraction of sp³-hybridized carbons (Fsp3) is 0.588. The standard InChI is InChI=1S/C17H24BrNO/c1-3-13(4-2)17(20)19-11-5-6-15(12-19)14-7-9-16(18)10-8-14/h7-10,13,15H,3-6,11-12H2,1-2H3. The van der Waals surface area contributed by atoms with Crippen molar-refractivity contribution in [2.24, 2.45) is 5.92 Å². The van der Waals surface area contributed by atoms with E-state index in [1.54, 1.807) is 0 Å². The second-order valence-electron chi connectivity index (χ2n) is 5.69. The minimum absolute atomic E-state index is 0.207. The molecule has 2 nitrogen and oxygen atoms in total. The summed E-state index contributed by atoms with van der Waals surface area (Å²) in [6.07, 6.45) is 4.21. The molecule has 1 aromatic carbocycles. The summed E-state index contributed by atoms with van der Waals surface area (Å²) in [7, 11) is 0. The molecular formula is C17H24BrNO. The third kappa shape index (κ3) is 3.63. The lowest BCUT2D eigenvalue weighted by atomic mass is 9.89. The SMILES string of the molecule is CCC(CC)C(=O)N1CCCC(c2ccc(Br)cc2)C1. The van der Waals surface area contributed by atoms with Crippen molar-refractivity contribution in [1.29, 1.82) is 0 Å². The average Bonchev–Trinajstić information content (AvgIpc) is 2.49. The predicted molar refractivity (Wildman–Crippen MR) is 86.8 cm³/mol. The van der Waals surface area contributed by atoms with Gasteiger partial charge in [0.15, 0.2) is 0 Å². The molecule has 1 aromatic rings. The monoisotopic (exact) mass is 337 g/mol. The third-order valence-electron chi connectivity index (χ3n) is 4.41. The van der Waals surface area contributed by atoms with Gasteiger partial charge in [-0.05, 0) is 43.4 Å². The largest absolute Gasteiger partial charge is 0.342 e. The van der Waals surface area contributed by atoms with Crippen molar-refractivity contribution in [2.45, 2.75) is 45.4 Å². The van der Waals surface area contributed by atoms with E-state index in [1.807, 2.05) is 0 Å². The predicted octanol–water partition coefficient (Wildman–Crippen LogP) is 4.59. The van der Waals surface area contributed by atoms with Crippen LogP contribution in [0.15, 0.2) is 28.7 Å². The zero-order valence-corrected chi connectivity index (χ0v) is 14.0. The van der Waals surface area contributed by atoms with Crippen molar-refractivity contribution in [3.8, 4) is 0 Å². The van der Waals surface area contributed by atoms with Gasteiger partial charge in [0.25, 0.3) is 0 Å². The molecule has 1 aliphatic heterocycles. The maximum Gasteiger partial charge on any atom is 0.225 e. The summed E-state index contributed by atoms with van der Waals surface area (Å²) in [6, 6.07) is 8.55. The van der Waals surface area contributed by atoms with Crippen LogP contribution >= 0.6 is 15.9 Å². The van der Waals surface area contributed by atoms with Gasteiger partial charge in [-0.1, -0.05) is 41.9 Å². The molecule has 2 rings (SSSR count). The van der Waals surface area contributed by atoms with Gasteiger partial charge in [-0.2, -0.15) is 0 Å². The number of carbonyl (C=O) groups excluding carboxylic acids is 1. The van der Waals surface area contributed by atoms with Crippen LogP contribution in [0.1, 0.15) is 51.0 Å². The molecule has 3 heteroatoms. The normalized spacial score (nSPS) is 19.4. The van der Waals surface area contributed by atoms with Crippen LogP contribution in [0.25, 0.3) is 0 Å². The van der Waals surface area contributed by atoms with Gasteiger partial charge in [-0.3, -0.25) is 4.79 Å². The average molecular weight is 338 g/mol. The molecule has 1 unspecified atom stereocenters. The van der Waals surface area contributed by atoms with Crippen molar-refractivity contribution in [2.75, 3.05) is 13.1 Å². The number of benzene rings is 1. The highest BCUT2D eigenvalue weighted by Gasteiger charge is 2.27. The van der Waals surface area contributed by atoms with Gasteiger partial charge in [-0.25, -0.2) is 0 Å². The Balaban J connectivity index is 2.04. The van der Waals surface area contributed by atoms with E-state index in [9.17, 15) is 4.79 Å². The van der Waals surface area contributed by atoms with E-state index >= 15 is 0 Å². The lowest BCUT2D eigenvalue weighted by Gasteiger charge is -2.35. The number of halogens is 1. The number of hydrogen-bond acceptors (Lipinski definition) is 1. The van der Waals surface area contributed by atoms with Crippen molar-refractivity contribution in [3.05, 3.63) is 34.3 Å². The molecule has 0 N–H and O–H groups in total. The summed E-state index contributed by atoms with van der Waals surface area (Å²) >= 11 is 3.48. The molecule has 0 aromatic heterocycles. The highest BCUT2D eigenvalue weighted by Crippen LogP contribution is 2.29. The fourth-order valence-corrected chi connectivity index (χ4v) is 3.34. The summed E-state index contributed by atoms with van der Waals surface area (Å²) in [5.74, 6) is 1.06. The van der Waals surface area contributed by atoms with E-state index in [2.05, 4.69) is 58.9 Å². The zero-order chi connectivity index (χ0) is 14.5. The Morgan fingerprint density at radius 2 is 1.95 bits per heavy atom. The van der Waals surface area contributed by atoms with Crippen LogP contribution in [0.3, 0.4) is 0 Å². The Bertz CT molecular complexity index is 439. The Labute approximate surface area is 130 Å². The Kier molecular flexibility index (Phi) is 5.64. The smallest absolute Gasteiger partial charge is 0.225 e. The van der Waals surface area contributed by atoms with Crippen LogP contribution in [0, 0.1) is 5.92 Å². The number of likely N-dealkylation sites (tertiary alicyclic amines) is 1. The number of rotatable bonds is 4. The van der Waals surface area contributed by atoms with Gasteiger partial charge < -0.3 is 4.90 Å². The van der Waals surface area contributed by atoms with E-state index in [0.717, 1.165) is 36.8 Å². The number of amides is 1. The minimum atomic E-state index is 0.207. The molecule has 110 valence electrons. The Morgan fingerprint density at radius 3 is 2.55 bits per heavy atom. The van der Waals surface area contributed by atoms with Gasteiger partial charge in [0, 0.05) is 29.4 Å². The maximum absolute atomic E-state index is 12.5. The molecule has 0 spiro atoms. The molecule has 0 bridgehead atoms. The molecule has 1 atom stereocenters. The quantitative estimate of drug-likeness (QED) is 0.786. The van der Waals surface area contributed by atoms with Gasteiger partial charge in [-0.15, -0.1) is 0 Å². The third-order valence-corrected chi connectivity index (χ3v) is 4.94. The highest BCUT2D eigenvalue weighted by molar-refractivity contribution is 9.10. The van der Waals surface area contributed by atoms with Gasteiger partial charge >= 0.3 is 0 Å². The van der Waals surface area contributed by atoms with Crippen LogP contribution in [0.2, 0.25) is 0 Å². The van der Waals surface area contributed by atoms with Crippen LogP contribution in [0.4, 0.5) is 0 Å². The molecule has 0 radical (unpaired) electrons. The van der Waals surface area contributed by atoms with Crippen LogP contribution in [-0.2, 0) is 4.79 Å². The first-order valence-corrected chi connectivity index (χ1v) is 8.49. The van der Waals surface area contributed by atoms with Crippen molar-refractivity contribution in [3.63, 3.8) is 0 Å². The molecule has 20 heavy (non-hydrogen) atoms. The minimum Gasteiger partial charge on any atom is -0.342 e. The number of nitrogens with zero attached hydrogens (tertiary/aromatic N) is 1. The van der Waals surface area contributed by atoms with E-state index < -0.39 is 0 Å². The first kappa shape index (κ1) is 15.6. The Morgan fingerprint density at radius 1 is 1.30 bits per heavy atom. The summed E-state index contributed by atoms with van der Waals surface area (Å²) in [6.45, 7) is 6.05. The molecule has 0 saturated carbocycles. The number of carbonyl (C=O) groups is 1. The molecule has 1 saturated heterocycles. The van der Waals surface area contributed by atoms with Crippen molar-refractivity contribution < 1.29 is 4.79 Å². The Hall–Kier alpha value is -0.830. The van der Waals surface area contributed by atoms with Gasteiger partial charge in [0.1, 0.15) is 0 Å². The molecule has 0 aliphatic carbocycles. The van der Waals surface area contributed by atoms with Crippen molar-refractivity contribution >= 4 is 21.8 Å². The van der Waals surface area contributed by atoms with E-state index in [0.29, 0.717) is 11.8 Å². The van der Waals surface area contributed by atoms with E-state index in [4.69, 9.17) is 0 Å². The second kappa shape index (κ2) is 7.26. The lowest BCUT2D eigenvalue weighted by molar-refractivity contribution is -0.137. The van der Waals surface area contributed by atoms with E-state index in [1.165, 1.54) is 12.0 Å². The second-order valence-corrected chi connectivity index (χ2v) is 6.60. The summed E-state index contributed by atoms with van der Waals surface area (Å²) in [5.41, 5.74) is 1.36. The molecule has 1 aliphatic rings. The van der Waals surface area contributed by atoms with Gasteiger partial charge in [0.2, 0.25) is 5.91 Å². The zero-order valence-electron chi connectivity index (χ0n) is 12.4. The number of piperidine rings is 1. The maximum atomic E-state index is 12.5. The first-order valence-electron chi connectivity index (χ1n) is 7.70. The van der Waals surface area contributed by atoms with Crippen molar-refractivity contribution in [1.82, 2.24) is 4.90 Å². The fourth-order valence-electron chi connectivity index (χ4n) is 3.08.